The van der Waals surface area contributed by atoms with E-state index in [1.165, 1.54) is 0 Å². The third-order valence-electron chi connectivity index (χ3n) is 4.35. The summed E-state index contributed by atoms with van der Waals surface area (Å²) in [6.45, 7) is 4.79. The summed E-state index contributed by atoms with van der Waals surface area (Å²) in [4.78, 5) is 4.26. The molecule has 1 aromatic rings. The zero-order valence-corrected chi connectivity index (χ0v) is 18.7. The molecule has 2 N–H and O–H groups in total. The molecule has 0 spiro atoms. The molecule has 0 radical (unpaired) electrons. The summed E-state index contributed by atoms with van der Waals surface area (Å²) in [5, 5.41) is 7.32. The van der Waals surface area contributed by atoms with Gasteiger partial charge >= 0.3 is 0 Å². The van der Waals surface area contributed by atoms with Crippen LogP contribution in [-0.4, -0.2) is 58.1 Å². The van der Waals surface area contributed by atoms with Crippen LogP contribution in [0, 0.1) is 0 Å². The zero-order valence-electron chi connectivity index (χ0n) is 15.6. The number of nitrogens with one attached hydrogen (secondary N) is 2. The number of rotatable bonds is 7. The van der Waals surface area contributed by atoms with E-state index < -0.39 is 0 Å². The Morgan fingerprint density at radius 2 is 1.92 bits per heavy atom. The fraction of sp³-hybridized carbons (Fsp3) is 0.611. The largest absolute Gasteiger partial charge is 0.489 e. The molecule has 26 heavy (non-hydrogen) atoms. The van der Waals surface area contributed by atoms with Gasteiger partial charge in [-0.15, -0.1) is 24.0 Å². The summed E-state index contributed by atoms with van der Waals surface area (Å²) in [5.74, 6) is 1.52. The molecule has 1 aliphatic heterocycles. The predicted octanol–water partition coefficient (Wildman–Crippen LogP) is 3.09. The third kappa shape index (κ3) is 7.46. The Labute approximate surface area is 178 Å². The number of aliphatic imine (C=N–C) groups is 1. The second-order valence-electron chi connectivity index (χ2n) is 6.19. The molecule has 1 unspecified atom stereocenters. The van der Waals surface area contributed by atoms with Crippen molar-refractivity contribution in [2.75, 3.05) is 40.5 Å². The van der Waals surface area contributed by atoms with Gasteiger partial charge in [0.2, 0.25) is 0 Å². The molecular formula is C18H29ClIN3O3. The second-order valence-corrected chi connectivity index (χ2v) is 6.63. The molecule has 0 aliphatic carbocycles. The first-order chi connectivity index (χ1) is 12.1. The van der Waals surface area contributed by atoms with Crippen molar-refractivity contribution in [3.05, 3.63) is 29.3 Å². The highest BCUT2D eigenvalue weighted by Crippen LogP contribution is 2.23. The maximum absolute atomic E-state index is 5.88. The Morgan fingerprint density at radius 3 is 2.50 bits per heavy atom. The molecule has 1 atom stereocenters. The summed E-state index contributed by atoms with van der Waals surface area (Å²) in [5.41, 5.74) is -0.193. The van der Waals surface area contributed by atoms with E-state index in [1.54, 1.807) is 14.2 Å². The van der Waals surface area contributed by atoms with E-state index in [9.17, 15) is 0 Å². The molecule has 6 nitrogen and oxygen atoms in total. The molecule has 0 saturated carbocycles. The maximum Gasteiger partial charge on any atom is 0.191 e. The molecule has 1 fully saturated rings. The minimum Gasteiger partial charge on any atom is -0.489 e. The number of ether oxygens (including phenoxy) is 3. The van der Waals surface area contributed by atoms with Crippen LogP contribution in [0.3, 0.4) is 0 Å². The molecule has 2 rings (SSSR count). The van der Waals surface area contributed by atoms with E-state index >= 15 is 0 Å². The van der Waals surface area contributed by atoms with Crippen LogP contribution < -0.4 is 15.4 Å². The summed E-state index contributed by atoms with van der Waals surface area (Å²) < 4.78 is 17.0. The molecule has 0 bridgehead atoms. The van der Waals surface area contributed by atoms with Gasteiger partial charge in [-0.1, -0.05) is 11.6 Å². The highest BCUT2D eigenvalue weighted by molar-refractivity contribution is 14.0. The van der Waals surface area contributed by atoms with Crippen LogP contribution in [0.4, 0.5) is 0 Å². The number of benzene rings is 1. The Balaban J connectivity index is 0.00000338. The van der Waals surface area contributed by atoms with Crippen molar-refractivity contribution < 1.29 is 14.2 Å². The number of hydrogen-bond acceptors (Lipinski definition) is 4. The SMILES string of the molecule is CN=C(NCC(C)Oc1ccc(Cl)cc1)NCC1(OC)CCOCC1.I. The lowest BCUT2D eigenvalue weighted by Gasteiger charge is -2.36. The Hall–Kier alpha value is -0.770. The van der Waals surface area contributed by atoms with Crippen LogP contribution in [0.5, 0.6) is 5.75 Å². The quantitative estimate of drug-likeness (QED) is 0.344. The zero-order chi connectivity index (χ0) is 18.1. The number of halogens is 2. The molecule has 1 aliphatic rings. The minimum absolute atomic E-state index is 0. The lowest BCUT2D eigenvalue weighted by molar-refractivity contribution is -0.0855. The van der Waals surface area contributed by atoms with Crippen LogP contribution in [0.25, 0.3) is 0 Å². The fourth-order valence-electron chi connectivity index (χ4n) is 2.69. The van der Waals surface area contributed by atoms with Crippen molar-refractivity contribution in [2.45, 2.75) is 31.5 Å². The van der Waals surface area contributed by atoms with Gasteiger partial charge < -0.3 is 24.8 Å². The van der Waals surface area contributed by atoms with Gasteiger partial charge in [-0.05, 0) is 31.2 Å². The first kappa shape index (κ1) is 23.3. The molecule has 1 aromatic carbocycles. The average Bonchev–Trinajstić information content (AvgIpc) is 2.64. The molecule has 1 saturated heterocycles. The Kier molecular flexibility index (Phi) is 10.6. The molecule has 1 heterocycles. The molecule has 8 heteroatoms. The van der Waals surface area contributed by atoms with Gasteiger partial charge in [0.25, 0.3) is 0 Å². The van der Waals surface area contributed by atoms with E-state index in [2.05, 4.69) is 15.6 Å². The van der Waals surface area contributed by atoms with E-state index in [1.807, 2.05) is 31.2 Å². The highest BCUT2D eigenvalue weighted by Gasteiger charge is 2.32. The van der Waals surface area contributed by atoms with Crippen LogP contribution in [-0.2, 0) is 9.47 Å². The molecule has 0 amide bonds. The Morgan fingerprint density at radius 1 is 1.27 bits per heavy atom. The number of guanidine groups is 1. The molecule has 148 valence electrons. The van der Waals surface area contributed by atoms with Gasteiger partial charge in [0.1, 0.15) is 11.9 Å². The lowest BCUT2D eigenvalue weighted by Crippen LogP contribution is -2.51. The summed E-state index contributed by atoms with van der Waals surface area (Å²) >= 11 is 5.88. The van der Waals surface area contributed by atoms with Crippen molar-refractivity contribution in [1.29, 1.82) is 0 Å². The van der Waals surface area contributed by atoms with Gasteiger partial charge in [-0.25, -0.2) is 0 Å². The number of hydrogen-bond donors (Lipinski definition) is 2. The van der Waals surface area contributed by atoms with E-state index in [-0.39, 0.29) is 35.7 Å². The van der Waals surface area contributed by atoms with Crippen molar-refractivity contribution >= 4 is 41.5 Å². The van der Waals surface area contributed by atoms with Crippen molar-refractivity contribution in [3.8, 4) is 5.75 Å². The van der Waals surface area contributed by atoms with Crippen LogP contribution >= 0.6 is 35.6 Å². The fourth-order valence-corrected chi connectivity index (χ4v) is 2.82. The number of methoxy groups -OCH3 is 1. The summed E-state index contributed by atoms with van der Waals surface area (Å²) in [6, 6.07) is 7.35. The Bertz CT molecular complexity index is 551. The molecule has 0 aromatic heterocycles. The smallest absolute Gasteiger partial charge is 0.191 e. The van der Waals surface area contributed by atoms with Gasteiger partial charge in [0.15, 0.2) is 5.96 Å². The first-order valence-corrected chi connectivity index (χ1v) is 8.94. The standard InChI is InChI=1S/C18H28ClN3O3.HI/c1-14(25-16-6-4-15(19)5-7-16)12-21-17(20-2)22-13-18(23-3)8-10-24-11-9-18;/h4-7,14H,8-13H2,1-3H3,(H2,20,21,22);1H. The van der Waals surface area contributed by atoms with Gasteiger partial charge in [-0.2, -0.15) is 0 Å². The van der Waals surface area contributed by atoms with Crippen LogP contribution in [0.2, 0.25) is 5.02 Å². The van der Waals surface area contributed by atoms with Gasteiger partial charge in [0, 0.05) is 51.8 Å². The van der Waals surface area contributed by atoms with E-state index in [0.717, 1.165) is 37.8 Å². The van der Waals surface area contributed by atoms with Crippen molar-refractivity contribution in [2.24, 2.45) is 4.99 Å². The summed E-state index contributed by atoms with van der Waals surface area (Å²) in [6.07, 6.45) is 1.74. The number of nitrogens with zero attached hydrogens (tertiary/aromatic N) is 1. The predicted molar refractivity (Wildman–Crippen MR) is 116 cm³/mol. The minimum atomic E-state index is -0.193. The van der Waals surface area contributed by atoms with Crippen LogP contribution in [0.1, 0.15) is 19.8 Å². The average molecular weight is 498 g/mol. The topological polar surface area (TPSA) is 64.1 Å². The van der Waals surface area contributed by atoms with Gasteiger partial charge in [-0.3, -0.25) is 4.99 Å². The lowest BCUT2D eigenvalue weighted by atomic mass is 9.94. The van der Waals surface area contributed by atoms with E-state index in [4.69, 9.17) is 25.8 Å². The maximum atomic E-state index is 5.88. The van der Waals surface area contributed by atoms with Crippen molar-refractivity contribution in [3.63, 3.8) is 0 Å². The van der Waals surface area contributed by atoms with Crippen molar-refractivity contribution in [1.82, 2.24) is 10.6 Å². The third-order valence-corrected chi connectivity index (χ3v) is 4.60. The summed E-state index contributed by atoms with van der Waals surface area (Å²) in [7, 11) is 3.51. The first-order valence-electron chi connectivity index (χ1n) is 8.56. The highest BCUT2D eigenvalue weighted by atomic mass is 127. The van der Waals surface area contributed by atoms with Crippen LogP contribution in [0.15, 0.2) is 29.3 Å². The normalized spacial score (nSPS) is 17.8. The monoisotopic (exact) mass is 497 g/mol. The molecular weight excluding hydrogens is 469 g/mol. The second kappa shape index (κ2) is 11.8. The van der Waals surface area contributed by atoms with E-state index in [0.29, 0.717) is 18.1 Å². The van der Waals surface area contributed by atoms with Gasteiger partial charge in [0.05, 0.1) is 12.1 Å².